The first-order chi connectivity index (χ1) is 12.0. The van der Waals surface area contributed by atoms with E-state index in [1.807, 2.05) is 31.2 Å². The van der Waals surface area contributed by atoms with Gasteiger partial charge in [-0.15, -0.1) is 0 Å². The molecule has 0 aliphatic carbocycles. The van der Waals surface area contributed by atoms with E-state index in [1.54, 1.807) is 4.90 Å². The summed E-state index contributed by atoms with van der Waals surface area (Å²) in [6.07, 6.45) is 1.05. The van der Waals surface area contributed by atoms with Crippen molar-refractivity contribution in [3.8, 4) is 5.75 Å². The van der Waals surface area contributed by atoms with Gasteiger partial charge in [0.1, 0.15) is 18.0 Å². The molecule has 1 atom stereocenters. The van der Waals surface area contributed by atoms with Crippen LogP contribution in [0.4, 0.5) is 0 Å². The maximum Gasteiger partial charge on any atom is 0.223 e. The van der Waals surface area contributed by atoms with Crippen LogP contribution < -0.4 is 4.74 Å². The molecule has 0 aromatic heterocycles. The maximum absolute atomic E-state index is 12.4. The second-order valence-corrected chi connectivity index (χ2v) is 7.10. The molecule has 25 heavy (non-hydrogen) atoms. The average Bonchev–Trinajstić information content (AvgIpc) is 3.02. The van der Waals surface area contributed by atoms with Crippen molar-refractivity contribution < 1.29 is 19.4 Å². The molecule has 0 bridgehead atoms. The number of benzene rings is 1. The largest absolute Gasteiger partial charge is 0.491 e. The molecule has 2 heterocycles. The zero-order chi connectivity index (χ0) is 17.7. The Morgan fingerprint density at radius 3 is 2.88 bits per heavy atom. The zero-order valence-electron chi connectivity index (χ0n) is 14.9. The Labute approximate surface area is 149 Å². The smallest absolute Gasteiger partial charge is 0.223 e. The molecule has 0 radical (unpaired) electrons. The molecule has 0 unspecified atom stereocenters. The molecule has 1 aromatic rings. The highest BCUT2D eigenvalue weighted by atomic mass is 16.5. The lowest BCUT2D eigenvalue weighted by atomic mass is 10.1. The number of hydrogen-bond acceptors (Lipinski definition) is 5. The Morgan fingerprint density at radius 2 is 2.12 bits per heavy atom. The highest BCUT2D eigenvalue weighted by Gasteiger charge is 2.38. The number of carbonyl (C=O) groups excluding carboxylic acids is 1. The van der Waals surface area contributed by atoms with Crippen molar-refractivity contribution in [2.24, 2.45) is 0 Å². The van der Waals surface area contributed by atoms with Gasteiger partial charge in [0.25, 0.3) is 0 Å². The van der Waals surface area contributed by atoms with E-state index in [1.165, 1.54) is 0 Å². The fourth-order valence-corrected chi connectivity index (χ4v) is 3.35. The summed E-state index contributed by atoms with van der Waals surface area (Å²) in [5.74, 6) is 0.864. The summed E-state index contributed by atoms with van der Waals surface area (Å²) in [5, 5.41) is 10.7. The third kappa shape index (κ3) is 5.17. The van der Waals surface area contributed by atoms with Gasteiger partial charge in [-0.25, -0.2) is 0 Å². The normalized spacial score (nSPS) is 24.5. The van der Waals surface area contributed by atoms with E-state index < -0.39 is 5.60 Å². The van der Waals surface area contributed by atoms with Gasteiger partial charge in [0.05, 0.1) is 19.8 Å². The van der Waals surface area contributed by atoms with Crippen LogP contribution >= 0.6 is 0 Å². The first-order valence-electron chi connectivity index (χ1n) is 9.04. The molecule has 138 valence electrons. The summed E-state index contributed by atoms with van der Waals surface area (Å²) in [6, 6.07) is 7.77. The minimum atomic E-state index is -0.960. The number of aryl methyl sites for hydroxylation is 1. The highest BCUT2D eigenvalue weighted by molar-refractivity contribution is 5.76. The predicted octanol–water partition coefficient (Wildman–Crippen LogP) is 1.06. The van der Waals surface area contributed by atoms with E-state index in [4.69, 9.17) is 9.47 Å². The van der Waals surface area contributed by atoms with Gasteiger partial charge in [-0.1, -0.05) is 12.1 Å². The maximum atomic E-state index is 12.4. The van der Waals surface area contributed by atoms with Crippen molar-refractivity contribution in [2.75, 3.05) is 52.5 Å². The van der Waals surface area contributed by atoms with Crippen molar-refractivity contribution in [1.29, 1.82) is 0 Å². The number of nitrogens with zero attached hydrogens (tertiary/aromatic N) is 2. The molecule has 6 heteroatoms. The number of aliphatic hydroxyl groups is 1. The van der Waals surface area contributed by atoms with E-state index in [2.05, 4.69) is 4.90 Å². The molecule has 1 N–H and O–H groups in total. The van der Waals surface area contributed by atoms with Crippen LogP contribution in [0, 0.1) is 6.92 Å². The number of amides is 1. The number of likely N-dealkylation sites (tertiary alicyclic amines) is 1. The molecule has 2 aliphatic rings. The first kappa shape index (κ1) is 18.2. The minimum Gasteiger partial charge on any atom is -0.491 e. The number of rotatable bonds is 6. The van der Waals surface area contributed by atoms with E-state index >= 15 is 0 Å². The molecule has 6 nitrogen and oxygen atoms in total. The lowest BCUT2D eigenvalue weighted by molar-refractivity contribution is -0.132. The molecule has 0 spiro atoms. The molecular weight excluding hydrogens is 320 g/mol. The quantitative estimate of drug-likeness (QED) is 0.833. The lowest BCUT2D eigenvalue weighted by Crippen LogP contribution is -2.42. The van der Waals surface area contributed by atoms with Crippen LogP contribution in [0.1, 0.15) is 18.4 Å². The molecular formula is C19H28N2O4. The summed E-state index contributed by atoms with van der Waals surface area (Å²) >= 11 is 0. The molecule has 2 saturated heterocycles. The Hall–Kier alpha value is -1.63. The predicted molar refractivity (Wildman–Crippen MR) is 94.7 cm³/mol. The van der Waals surface area contributed by atoms with Crippen molar-refractivity contribution >= 4 is 5.91 Å². The lowest BCUT2D eigenvalue weighted by Gasteiger charge is -2.27. The van der Waals surface area contributed by atoms with Crippen LogP contribution in [0.2, 0.25) is 0 Å². The summed E-state index contributed by atoms with van der Waals surface area (Å²) in [5.41, 5.74) is 0.161. The number of hydrogen-bond donors (Lipinski definition) is 1. The molecule has 2 fully saturated rings. The van der Waals surface area contributed by atoms with Crippen LogP contribution in [0.25, 0.3) is 0 Å². The molecule has 1 amide bonds. The van der Waals surface area contributed by atoms with Crippen LogP contribution in [-0.2, 0) is 9.53 Å². The highest BCUT2D eigenvalue weighted by Crippen LogP contribution is 2.24. The molecule has 3 rings (SSSR count). The fraction of sp³-hybridized carbons (Fsp3) is 0.632. The SMILES string of the molecule is Cc1cccc(OC[C@@]2(O)CCN(C(=O)CCN3CCOCC3)C2)c1. The fourth-order valence-electron chi connectivity index (χ4n) is 3.35. The second kappa shape index (κ2) is 8.17. The summed E-state index contributed by atoms with van der Waals surface area (Å²) < 4.78 is 11.1. The third-order valence-electron chi connectivity index (χ3n) is 4.93. The van der Waals surface area contributed by atoms with Gasteiger partial charge < -0.3 is 19.5 Å². The van der Waals surface area contributed by atoms with Crippen molar-refractivity contribution in [2.45, 2.75) is 25.4 Å². The first-order valence-corrected chi connectivity index (χ1v) is 9.04. The molecule has 2 aliphatic heterocycles. The van der Waals surface area contributed by atoms with Gasteiger partial charge in [-0.3, -0.25) is 9.69 Å². The summed E-state index contributed by atoms with van der Waals surface area (Å²) in [7, 11) is 0. The van der Waals surface area contributed by atoms with Crippen LogP contribution in [0.15, 0.2) is 24.3 Å². The molecule has 0 saturated carbocycles. The van der Waals surface area contributed by atoms with Crippen molar-refractivity contribution in [3.05, 3.63) is 29.8 Å². The summed E-state index contributed by atoms with van der Waals surface area (Å²) in [6.45, 7) is 7.19. The zero-order valence-corrected chi connectivity index (χ0v) is 14.9. The van der Waals surface area contributed by atoms with Gasteiger partial charge in [0.15, 0.2) is 0 Å². The van der Waals surface area contributed by atoms with Gasteiger partial charge in [-0.05, 0) is 31.0 Å². The van der Waals surface area contributed by atoms with E-state index in [0.29, 0.717) is 25.9 Å². The van der Waals surface area contributed by atoms with Crippen LogP contribution in [0.5, 0.6) is 5.75 Å². The molecule has 1 aromatic carbocycles. The van der Waals surface area contributed by atoms with Gasteiger partial charge in [-0.2, -0.15) is 0 Å². The van der Waals surface area contributed by atoms with E-state index in [-0.39, 0.29) is 12.5 Å². The standard InChI is InChI=1S/C19H28N2O4/c1-16-3-2-4-17(13-16)25-15-19(23)6-8-21(14-19)18(22)5-7-20-9-11-24-12-10-20/h2-4,13,23H,5-12,14-15H2,1H3/t19-/m1/s1. The number of carbonyl (C=O) groups is 1. The topological polar surface area (TPSA) is 62.2 Å². The van der Waals surface area contributed by atoms with Gasteiger partial charge in [0, 0.05) is 32.6 Å². The van der Waals surface area contributed by atoms with Crippen LogP contribution in [0.3, 0.4) is 0 Å². The Bertz CT molecular complexity index is 589. The third-order valence-corrected chi connectivity index (χ3v) is 4.93. The number of morpholine rings is 1. The Morgan fingerprint density at radius 1 is 1.32 bits per heavy atom. The van der Waals surface area contributed by atoms with Crippen molar-refractivity contribution in [1.82, 2.24) is 9.80 Å². The Kier molecular flexibility index (Phi) is 5.93. The minimum absolute atomic E-state index is 0.109. The number of ether oxygens (including phenoxy) is 2. The van der Waals surface area contributed by atoms with E-state index in [0.717, 1.165) is 44.2 Å². The van der Waals surface area contributed by atoms with Crippen LogP contribution in [-0.4, -0.2) is 79.0 Å². The average molecular weight is 348 g/mol. The van der Waals surface area contributed by atoms with E-state index in [9.17, 15) is 9.90 Å². The van der Waals surface area contributed by atoms with Crippen molar-refractivity contribution in [3.63, 3.8) is 0 Å². The summed E-state index contributed by atoms with van der Waals surface area (Å²) in [4.78, 5) is 16.4. The number of β-amino-alcohol motifs (C(OH)–C–C–N with tert-alkyl or cyclic N) is 1. The Balaban J connectivity index is 1.44. The van der Waals surface area contributed by atoms with Gasteiger partial charge in [0.2, 0.25) is 5.91 Å². The second-order valence-electron chi connectivity index (χ2n) is 7.10. The monoisotopic (exact) mass is 348 g/mol. The van der Waals surface area contributed by atoms with Gasteiger partial charge >= 0.3 is 0 Å².